The molecule has 1 aromatic carbocycles. The minimum Gasteiger partial charge on any atom is -0.496 e. The van der Waals surface area contributed by atoms with Crippen LogP contribution in [0.3, 0.4) is 0 Å². The smallest absolute Gasteiger partial charge is 0.273 e. The first-order valence-electron chi connectivity index (χ1n) is 7.90. The van der Waals surface area contributed by atoms with E-state index >= 15 is 0 Å². The molecular formula is C18H20N4O3. The summed E-state index contributed by atoms with van der Waals surface area (Å²) in [5.74, 6) is 0.832. The van der Waals surface area contributed by atoms with Crippen LogP contribution in [0.15, 0.2) is 41.1 Å². The summed E-state index contributed by atoms with van der Waals surface area (Å²) in [6.07, 6.45) is 1.75. The van der Waals surface area contributed by atoms with Crippen molar-refractivity contribution in [1.82, 2.24) is 20.3 Å². The molecule has 0 bridgehead atoms. The van der Waals surface area contributed by atoms with Gasteiger partial charge >= 0.3 is 0 Å². The molecule has 3 aromatic rings. The zero-order valence-corrected chi connectivity index (χ0v) is 14.6. The topological polar surface area (TPSA) is 82.2 Å². The van der Waals surface area contributed by atoms with Crippen LogP contribution in [0.25, 0.3) is 11.3 Å². The third-order valence-corrected chi connectivity index (χ3v) is 4.20. The largest absolute Gasteiger partial charge is 0.496 e. The van der Waals surface area contributed by atoms with Gasteiger partial charge in [-0.25, -0.2) is 0 Å². The van der Waals surface area contributed by atoms with E-state index in [4.69, 9.17) is 9.26 Å². The molecule has 0 spiro atoms. The van der Waals surface area contributed by atoms with E-state index in [1.807, 2.05) is 45.2 Å². The second-order valence-corrected chi connectivity index (χ2v) is 5.78. The van der Waals surface area contributed by atoms with Crippen LogP contribution >= 0.6 is 0 Å². The van der Waals surface area contributed by atoms with Gasteiger partial charge in [0.05, 0.1) is 24.9 Å². The van der Waals surface area contributed by atoms with Gasteiger partial charge in [0.2, 0.25) is 0 Å². The van der Waals surface area contributed by atoms with Crippen molar-refractivity contribution in [2.45, 2.75) is 19.9 Å². The Kier molecular flexibility index (Phi) is 4.56. The number of ether oxygens (including phenoxy) is 1. The van der Waals surface area contributed by atoms with Crippen molar-refractivity contribution in [2.24, 2.45) is 7.05 Å². The quantitative estimate of drug-likeness (QED) is 0.772. The van der Waals surface area contributed by atoms with Crippen molar-refractivity contribution in [2.75, 3.05) is 7.11 Å². The second kappa shape index (κ2) is 6.80. The number of benzene rings is 1. The molecule has 0 aliphatic heterocycles. The Bertz CT molecular complexity index is 897. The number of aryl methyl sites for hydroxylation is 1. The Morgan fingerprint density at radius 2 is 2.12 bits per heavy atom. The number of carbonyl (C=O) groups is 1. The number of aromatic nitrogens is 3. The summed E-state index contributed by atoms with van der Waals surface area (Å²) in [5, 5.41) is 11.0. The Labute approximate surface area is 145 Å². The molecule has 7 heteroatoms. The number of amides is 1. The zero-order chi connectivity index (χ0) is 18.0. The van der Waals surface area contributed by atoms with Crippen LogP contribution in [0.2, 0.25) is 0 Å². The van der Waals surface area contributed by atoms with E-state index in [9.17, 15) is 4.79 Å². The first kappa shape index (κ1) is 16.8. The molecule has 1 atom stereocenters. The number of carbonyl (C=O) groups excluding carboxylic acids is 1. The SMILES string of the molecule is COc1ccccc1-c1cc(C(=O)NC(C)c2cnn(C)c2C)no1. The Balaban J connectivity index is 1.78. The molecule has 0 saturated heterocycles. The molecule has 130 valence electrons. The van der Waals surface area contributed by atoms with Crippen LogP contribution in [0.4, 0.5) is 0 Å². The van der Waals surface area contributed by atoms with Crippen LogP contribution in [0.1, 0.15) is 34.7 Å². The van der Waals surface area contributed by atoms with Crippen molar-refractivity contribution in [3.63, 3.8) is 0 Å². The van der Waals surface area contributed by atoms with Gasteiger partial charge in [0.25, 0.3) is 5.91 Å². The van der Waals surface area contributed by atoms with Crippen molar-refractivity contribution >= 4 is 5.91 Å². The fourth-order valence-electron chi connectivity index (χ4n) is 2.65. The van der Waals surface area contributed by atoms with Crippen molar-refractivity contribution in [3.8, 4) is 17.1 Å². The molecule has 1 amide bonds. The normalized spacial score (nSPS) is 12.0. The van der Waals surface area contributed by atoms with Crippen molar-refractivity contribution in [1.29, 1.82) is 0 Å². The number of hydrogen-bond acceptors (Lipinski definition) is 5. The number of nitrogens with one attached hydrogen (secondary N) is 1. The van der Waals surface area contributed by atoms with Gasteiger partial charge in [0.1, 0.15) is 5.75 Å². The minimum absolute atomic E-state index is 0.187. The molecule has 0 aliphatic carbocycles. The zero-order valence-electron chi connectivity index (χ0n) is 14.6. The summed E-state index contributed by atoms with van der Waals surface area (Å²) in [4.78, 5) is 12.5. The Morgan fingerprint density at radius 1 is 1.36 bits per heavy atom. The molecule has 1 unspecified atom stereocenters. The van der Waals surface area contributed by atoms with Gasteiger partial charge in [-0.05, 0) is 26.0 Å². The molecule has 7 nitrogen and oxygen atoms in total. The summed E-state index contributed by atoms with van der Waals surface area (Å²) in [6, 6.07) is 8.83. The summed E-state index contributed by atoms with van der Waals surface area (Å²) in [6.45, 7) is 3.87. The summed E-state index contributed by atoms with van der Waals surface area (Å²) >= 11 is 0. The lowest BCUT2D eigenvalue weighted by atomic mass is 10.1. The van der Waals surface area contributed by atoms with Crippen LogP contribution in [0.5, 0.6) is 5.75 Å². The lowest BCUT2D eigenvalue weighted by Crippen LogP contribution is -2.27. The monoisotopic (exact) mass is 340 g/mol. The van der Waals surface area contributed by atoms with Gasteiger partial charge in [0, 0.05) is 24.4 Å². The number of para-hydroxylation sites is 1. The first-order valence-corrected chi connectivity index (χ1v) is 7.90. The van der Waals surface area contributed by atoms with Crippen molar-refractivity contribution < 1.29 is 14.1 Å². The van der Waals surface area contributed by atoms with Crippen molar-refractivity contribution in [3.05, 3.63) is 53.5 Å². The molecule has 1 N–H and O–H groups in total. The predicted molar refractivity (Wildman–Crippen MR) is 92.3 cm³/mol. The van der Waals surface area contributed by atoms with Crippen LogP contribution in [-0.2, 0) is 7.05 Å². The van der Waals surface area contributed by atoms with Gasteiger partial charge in [-0.3, -0.25) is 9.48 Å². The predicted octanol–water partition coefficient (Wildman–Crippen LogP) is 2.88. The van der Waals surface area contributed by atoms with Gasteiger partial charge < -0.3 is 14.6 Å². The lowest BCUT2D eigenvalue weighted by molar-refractivity contribution is 0.0930. The number of methoxy groups -OCH3 is 1. The van der Waals surface area contributed by atoms with Gasteiger partial charge in [-0.1, -0.05) is 17.3 Å². The molecule has 0 radical (unpaired) electrons. The highest BCUT2D eigenvalue weighted by Gasteiger charge is 2.19. The van der Waals surface area contributed by atoms with E-state index in [0.29, 0.717) is 11.5 Å². The van der Waals surface area contributed by atoms with Gasteiger partial charge in [-0.15, -0.1) is 0 Å². The number of hydrogen-bond donors (Lipinski definition) is 1. The summed E-state index contributed by atoms with van der Waals surface area (Å²) in [5.41, 5.74) is 2.92. The molecule has 3 rings (SSSR count). The van der Waals surface area contributed by atoms with Crippen LogP contribution in [0, 0.1) is 6.92 Å². The molecule has 0 fully saturated rings. The molecule has 25 heavy (non-hydrogen) atoms. The highest BCUT2D eigenvalue weighted by molar-refractivity contribution is 5.93. The number of rotatable bonds is 5. The standard InChI is InChI=1S/C18H20N4O3/c1-11(14-10-19-22(3)12(14)2)20-18(23)15-9-17(25-21-15)13-7-5-6-8-16(13)24-4/h5-11H,1-4H3,(H,20,23). The van der Waals surface area contributed by atoms with Crippen LogP contribution < -0.4 is 10.1 Å². The Hall–Kier alpha value is -3.09. The average Bonchev–Trinajstić information content (AvgIpc) is 3.23. The van der Waals surface area contributed by atoms with Gasteiger partial charge in [0.15, 0.2) is 11.5 Å². The van der Waals surface area contributed by atoms with Crippen LogP contribution in [-0.4, -0.2) is 28.0 Å². The fourth-order valence-corrected chi connectivity index (χ4v) is 2.65. The second-order valence-electron chi connectivity index (χ2n) is 5.78. The molecule has 2 aromatic heterocycles. The lowest BCUT2D eigenvalue weighted by Gasteiger charge is -2.12. The van der Waals surface area contributed by atoms with E-state index in [1.54, 1.807) is 24.1 Å². The molecule has 2 heterocycles. The van der Waals surface area contributed by atoms with E-state index in [1.165, 1.54) is 0 Å². The van der Waals surface area contributed by atoms with Gasteiger partial charge in [-0.2, -0.15) is 5.10 Å². The first-order chi connectivity index (χ1) is 12.0. The molecule has 0 saturated carbocycles. The maximum absolute atomic E-state index is 12.5. The maximum Gasteiger partial charge on any atom is 0.273 e. The third kappa shape index (κ3) is 3.26. The Morgan fingerprint density at radius 3 is 2.80 bits per heavy atom. The average molecular weight is 340 g/mol. The summed E-state index contributed by atoms with van der Waals surface area (Å²) < 4.78 is 12.4. The fraction of sp³-hybridized carbons (Fsp3) is 0.278. The highest BCUT2D eigenvalue weighted by atomic mass is 16.5. The van der Waals surface area contributed by atoms with E-state index in [-0.39, 0.29) is 17.6 Å². The molecular weight excluding hydrogens is 320 g/mol. The molecule has 0 aliphatic rings. The maximum atomic E-state index is 12.5. The van der Waals surface area contributed by atoms with E-state index < -0.39 is 0 Å². The highest BCUT2D eigenvalue weighted by Crippen LogP contribution is 2.30. The minimum atomic E-state index is -0.305. The van der Waals surface area contributed by atoms with E-state index in [2.05, 4.69) is 15.6 Å². The number of nitrogens with zero attached hydrogens (tertiary/aromatic N) is 3. The van der Waals surface area contributed by atoms with E-state index in [0.717, 1.165) is 16.8 Å². The third-order valence-electron chi connectivity index (χ3n) is 4.20. The summed E-state index contributed by atoms with van der Waals surface area (Å²) in [7, 11) is 3.45.